The van der Waals surface area contributed by atoms with E-state index in [2.05, 4.69) is 12.1 Å². The molecule has 1 saturated heterocycles. The highest BCUT2D eigenvalue weighted by molar-refractivity contribution is 6.30. The first-order valence-corrected chi connectivity index (χ1v) is 7.08. The van der Waals surface area contributed by atoms with Gasteiger partial charge in [0, 0.05) is 24.8 Å². The number of hydrogen-bond acceptors (Lipinski definition) is 2. The standard InChI is InChI=1S/C15H21ClO2/c16-15-3-1-12(2-4-15)9-14(11-17)10-13-5-7-18-8-6-13/h1-4,13-14,17H,5-11H2. The van der Waals surface area contributed by atoms with Gasteiger partial charge in [0.2, 0.25) is 0 Å². The first-order chi connectivity index (χ1) is 8.78. The van der Waals surface area contributed by atoms with Crippen molar-refractivity contribution in [3.8, 4) is 0 Å². The van der Waals surface area contributed by atoms with Crippen molar-refractivity contribution in [2.24, 2.45) is 11.8 Å². The lowest BCUT2D eigenvalue weighted by Crippen LogP contribution is -2.21. The van der Waals surface area contributed by atoms with Crippen LogP contribution in [0.1, 0.15) is 24.8 Å². The van der Waals surface area contributed by atoms with Crippen molar-refractivity contribution in [1.82, 2.24) is 0 Å². The summed E-state index contributed by atoms with van der Waals surface area (Å²) >= 11 is 5.87. The Kier molecular flexibility index (Phi) is 5.48. The molecule has 1 aliphatic rings. The normalized spacial score (nSPS) is 18.8. The van der Waals surface area contributed by atoms with Gasteiger partial charge >= 0.3 is 0 Å². The van der Waals surface area contributed by atoms with E-state index in [0.717, 1.165) is 43.9 Å². The molecule has 2 rings (SSSR count). The molecule has 0 spiro atoms. The van der Waals surface area contributed by atoms with Crippen LogP contribution in [0.4, 0.5) is 0 Å². The van der Waals surface area contributed by atoms with Crippen LogP contribution in [0, 0.1) is 11.8 Å². The molecule has 100 valence electrons. The molecule has 0 aliphatic carbocycles. The van der Waals surface area contributed by atoms with E-state index >= 15 is 0 Å². The zero-order valence-corrected chi connectivity index (χ0v) is 11.4. The predicted octanol–water partition coefficient (Wildman–Crippen LogP) is 3.31. The number of ether oxygens (including phenoxy) is 1. The van der Waals surface area contributed by atoms with Crippen molar-refractivity contribution in [3.63, 3.8) is 0 Å². The van der Waals surface area contributed by atoms with Gasteiger partial charge in [-0.3, -0.25) is 0 Å². The second-order valence-electron chi connectivity index (χ2n) is 5.17. The lowest BCUT2D eigenvalue weighted by atomic mass is 9.86. The first kappa shape index (κ1) is 13.9. The molecule has 0 aromatic heterocycles. The molecule has 1 fully saturated rings. The molecule has 0 radical (unpaired) electrons. The smallest absolute Gasteiger partial charge is 0.0468 e. The number of rotatable bonds is 5. The van der Waals surface area contributed by atoms with Crippen LogP contribution in [0.2, 0.25) is 5.02 Å². The number of aliphatic hydroxyl groups excluding tert-OH is 1. The Morgan fingerprint density at radius 1 is 1.22 bits per heavy atom. The van der Waals surface area contributed by atoms with Crippen molar-refractivity contribution in [2.75, 3.05) is 19.8 Å². The maximum atomic E-state index is 9.52. The number of hydrogen-bond donors (Lipinski definition) is 1. The average Bonchev–Trinajstić information content (AvgIpc) is 2.41. The van der Waals surface area contributed by atoms with E-state index < -0.39 is 0 Å². The first-order valence-electron chi connectivity index (χ1n) is 6.71. The molecule has 0 saturated carbocycles. The molecule has 1 unspecified atom stereocenters. The minimum absolute atomic E-state index is 0.264. The molecule has 0 bridgehead atoms. The van der Waals surface area contributed by atoms with Crippen LogP contribution >= 0.6 is 11.6 Å². The minimum Gasteiger partial charge on any atom is -0.396 e. The van der Waals surface area contributed by atoms with Gasteiger partial charge in [-0.15, -0.1) is 0 Å². The van der Waals surface area contributed by atoms with Gasteiger partial charge in [0.05, 0.1) is 0 Å². The van der Waals surface area contributed by atoms with Gasteiger partial charge in [0.25, 0.3) is 0 Å². The third kappa shape index (κ3) is 4.27. The summed E-state index contributed by atoms with van der Waals surface area (Å²) in [5.41, 5.74) is 1.26. The Bertz CT molecular complexity index is 344. The van der Waals surface area contributed by atoms with Gasteiger partial charge in [-0.2, -0.15) is 0 Å². The summed E-state index contributed by atoms with van der Waals surface area (Å²) in [6.07, 6.45) is 4.31. The molecular formula is C15H21ClO2. The van der Waals surface area contributed by atoms with Gasteiger partial charge < -0.3 is 9.84 Å². The molecule has 1 N–H and O–H groups in total. The van der Waals surface area contributed by atoms with E-state index in [-0.39, 0.29) is 6.61 Å². The average molecular weight is 269 g/mol. The zero-order valence-electron chi connectivity index (χ0n) is 10.6. The molecule has 1 heterocycles. The highest BCUT2D eigenvalue weighted by atomic mass is 35.5. The van der Waals surface area contributed by atoms with Crippen LogP contribution in [0.15, 0.2) is 24.3 Å². The van der Waals surface area contributed by atoms with Gasteiger partial charge in [-0.25, -0.2) is 0 Å². The van der Waals surface area contributed by atoms with E-state index in [9.17, 15) is 5.11 Å². The highest BCUT2D eigenvalue weighted by Gasteiger charge is 2.19. The summed E-state index contributed by atoms with van der Waals surface area (Å²) in [5.74, 6) is 1.07. The lowest BCUT2D eigenvalue weighted by Gasteiger charge is -2.25. The van der Waals surface area contributed by atoms with Crippen molar-refractivity contribution >= 4 is 11.6 Å². The number of benzene rings is 1. The van der Waals surface area contributed by atoms with Crippen molar-refractivity contribution < 1.29 is 9.84 Å². The molecule has 0 amide bonds. The maximum absolute atomic E-state index is 9.52. The molecule has 1 aromatic rings. The minimum atomic E-state index is 0.264. The number of aliphatic hydroxyl groups is 1. The van der Waals surface area contributed by atoms with Gasteiger partial charge in [-0.1, -0.05) is 23.7 Å². The Morgan fingerprint density at radius 3 is 2.50 bits per heavy atom. The quantitative estimate of drug-likeness (QED) is 0.888. The molecule has 2 nitrogen and oxygen atoms in total. The van der Waals surface area contributed by atoms with E-state index in [1.807, 2.05) is 12.1 Å². The zero-order chi connectivity index (χ0) is 12.8. The van der Waals surface area contributed by atoms with Gasteiger partial charge in [-0.05, 0) is 55.2 Å². The van der Waals surface area contributed by atoms with Crippen LogP contribution < -0.4 is 0 Å². The fraction of sp³-hybridized carbons (Fsp3) is 0.600. The second-order valence-corrected chi connectivity index (χ2v) is 5.61. The summed E-state index contributed by atoms with van der Waals surface area (Å²) in [6, 6.07) is 7.93. The summed E-state index contributed by atoms with van der Waals surface area (Å²) in [4.78, 5) is 0. The van der Waals surface area contributed by atoms with Crippen molar-refractivity contribution in [3.05, 3.63) is 34.9 Å². The molecular weight excluding hydrogens is 248 g/mol. The molecule has 1 aliphatic heterocycles. The van der Waals surface area contributed by atoms with Crippen LogP contribution in [-0.2, 0) is 11.2 Å². The highest BCUT2D eigenvalue weighted by Crippen LogP contribution is 2.25. The second kappa shape index (κ2) is 7.13. The largest absolute Gasteiger partial charge is 0.396 e. The van der Waals surface area contributed by atoms with Gasteiger partial charge in [0.1, 0.15) is 0 Å². The summed E-state index contributed by atoms with van der Waals surface area (Å²) < 4.78 is 5.37. The van der Waals surface area contributed by atoms with Crippen LogP contribution in [0.25, 0.3) is 0 Å². The molecule has 3 heteroatoms. The summed E-state index contributed by atoms with van der Waals surface area (Å²) in [7, 11) is 0. The SMILES string of the molecule is OCC(Cc1ccc(Cl)cc1)CC1CCOCC1. The van der Waals surface area contributed by atoms with Crippen LogP contribution in [0.5, 0.6) is 0 Å². The summed E-state index contributed by atoms with van der Waals surface area (Å²) in [5, 5.41) is 10.3. The third-order valence-corrected chi connectivity index (χ3v) is 3.96. The topological polar surface area (TPSA) is 29.5 Å². The predicted molar refractivity (Wildman–Crippen MR) is 73.9 cm³/mol. The van der Waals surface area contributed by atoms with Crippen molar-refractivity contribution in [2.45, 2.75) is 25.7 Å². The van der Waals surface area contributed by atoms with Crippen LogP contribution in [-0.4, -0.2) is 24.9 Å². The Balaban J connectivity index is 1.86. The van der Waals surface area contributed by atoms with Gasteiger partial charge in [0.15, 0.2) is 0 Å². The van der Waals surface area contributed by atoms with E-state index in [4.69, 9.17) is 16.3 Å². The molecule has 1 aromatic carbocycles. The Labute approximate surface area is 114 Å². The van der Waals surface area contributed by atoms with Crippen molar-refractivity contribution in [1.29, 1.82) is 0 Å². The van der Waals surface area contributed by atoms with E-state index in [1.54, 1.807) is 0 Å². The fourth-order valence-electron chi connectivity index (χ4n) is 2.63. The lowest BCUT2D eigenvalue weighted by molar-refractivity contribution is 0.0540. The molecule has 1 atom stereocenters. The fourth-order valence-corrected chi connectivity index (χ4v) is 2.76. The number of halogens is 1. The Morgan fingerprint density at radius 2 is 1.89 bits per heavy atom. The molecule has 18 heavy (non-hydrogen) atoms. The summed E-state index contributed by atoms with van der Waals surface area (Å²) in [6.45, 7) is 2.02. The maximum Gasteiger partial charge on any atom is 0.0468 e. The van der Waals surface area contributed by atoms with Crippen LogP contribution in [0.3, 0.4) is 0 Å². The van der Waals surface area contributed by atoms with E-state index in [1.165, 1.54) is 5.56 Å². The van der Waals surface area contributed by atoms with E-state index in [0.29, 0.717) is 11.8 Å². The third-order valence-electron chi connectivity index (χ3n) is 3.70. The Hall–Kier alpha value is -0.570. The monoisotopic (exact) mass is 268 g/mol.